The summed E-state index contributed by atoms with van der Waals surface area (Å²) in [6.45, 7) is 2.03. The second kappa shape index (κ2) is 6.68. The third kappa shape index (κ3) is 4.04. The van der Waals surface area contributed by atoms with Gasteiger partial charge in [0.15, 0.2) is 0 Å². The van der Waals surface area contributed by atoms with Crippen molar-refractivity contribution in [2.24, 2.45) is 0 Å². The highest BCUT2D eigenvalue weighted by Crippen LogP contribution is 2.25. The largest absolute Gasteiger partial charge is 0.312 e. The zero-order chi connectivity index (χ0) is 13.7. The van der Waals surface area contributed by atoms with Crippen molar-refractivity contribution in [2.75, 3.05) is 12.8 Å². The molecule has 100 valence electrons. The first-order valence-electron chi connectivity index (χ1n) is 6.16. The predicted molar refractivity (Wildman–Crippen MR) is 77.9 cm³/mol. The van der Waals surface area contributed by atoms with E-state index in [4.69, 9.17) is 0 Å². The molecule has 0 amide bonds. The van der Waals surface area contributed by atoms with Gasteiger partial charge in [-0.25, -0.2) is 4.39 Å². The van der Waals surface area contributed by atoms with Crippen LogP contribution in [0.3, 0.4) is 0 Å². The molecule has 1 unspecified atom stereocenters. The van der Waals surface area contributed by atoms with Crippen LogP contribution in [0.25, 0.3) is 0 Å². The summed E-state index contributed by atoms with van der Waals surface area (Å²) in [4.78, 5) is 5.16. The average molecular weight is 276 g/mol. The van der Waals surface area contributed by atoms with Crippen LogP contribution >= 0.6 is 11.8 Å². The number of pyridine rings is 1. The minimum atomic E-state index is -0.191. The van der Waals surface area contributed by atoms with E-state index in [-0.39, 0.29) is 11.9 Å². The van der Waals surface area contributed by atoms with E-state index in [1.165, 1.54) is 6.07 Å². The zero-order valence-corrected chi connectivity index (χ0v) is 11.9. The van der Waals surface area contributed by atoms with Gasteiger partial charge in [0.05, 0.1) is 0 Å². The molecule has 4 heteroatoms. The van der Waals surface area contributed by atoms with Gasteiger partial charge in [0.25, 0.3) is 0 Å². The first kappa shape index (κ1) is 14.0. The van der Waals surface area contributed by atoms with Gasteiger partial charge >= 0.3 is 0 Å². The van der Waals surface area contributed by atoms with E-state index in [9.17, 15) is 4.39 Å². The van der Waals surface area contributed by atoms with Crippen molar-refractivity contribution in [3.05, 3.63) is 59.7 Å². The fourth-order valence-corrected chi connectivity index (χ4v) is 2.94. The van der Waals surface area contributed by atoms with Gasteiger partial charge in [-0.05, 0) is 43.3 Å². The Balaban J connectivity index is 2.04. The summed E-state index contributed by atoms with van der Waals surface area (Å²) in [5.74, 6) is 0.647. The summed E-state index contributed by atoms with van der Waals surface area (Å²) in [7, 11) is 1.93. The van der Waals surface area contributed by atoms with Crippen molar-refractivity contribution in [3.8, 4) is 0 Å². The van der Waals surface area contributed by atoms with E-state index in [1.807, 2.05) is 32.4 Å². The molecule has 0 saturated carbocycles. The number of nitrogens with one attached hydrogen (secondary N) is 1. The Morgan fingerprint density at radius 1 is 1.32 bits per heavy atom. The van der Waals surface area contributed by atoms with Crippen molar-refractivity contribution in [2.45, 2.75) is 17.9 Å². The lowest BCUT2D eigenvalue weighted by Crippen LogP contribution is -2.19. The minimum absolute atomic E-state index is 0.191. The van der Waals surface area contributed by atoms with E-state index in [0.717, 1.165) is 21.8 Å². The van der Waals surface area contributed by atoms with Crippen LogP contribution in [0.4, 0.5) is 4.39 Å². The fraction of sp³-hybridized carbons (Fsp3) is 0.267. The summed E-state index contributed by atoms with van der Waals surface area (Å²) < 4.78 is 13.1. The van der Waals surface area contributed by atoms with E-state index < -0.39 is 0 Å². The Morgan fingerprint density at radius 3 is 2.84 bits per heavy atom. The third-order valence-corrected chi connectivity index (χ3v) is 3.95. The fourth-order valence-electron chi connectivity index (χ4n) is 1.85. The van der Waals surface area contributed by atoms with Gasteiger partial charge in [0.1, 0.15) is 5.82 Å². The van der Waals surface area contributed by atoms with Crippen LogP contribution < -0.4 is 5.32 Å². The van der Waals surface area contributed by atoms with Crippen LogP contribution in [-0.2, 0) is 0 Å². The van der Waals surface area contributed by atoms with Crippen LogP contribution in [-0.4, -0.2) is 17.8 Å². The zero-order valence-electron chi connectivity index (χ0n) is 11.1. The molecule has 1 N–H and O–H groups in total. The maximum absolute atomic E-state index is 13.1. The van der Waals surface area contributed by atoms with Gasteiger partial charge < -0.3 is 5.32 Å². The summed E-state index contributed by atoms with van der Waals surface area (Å²) in [6, 6.07) is 9.02. The maximum Gasteiger partial charge on any atom is 0.124 e. The number of halogens is 1. The smallest absolute Gasteiger partial charge is 0.124 e. The number of aromatic nitrogens is 1. The molecule has 0 bridgehead atoms. The number of hydrogen-bond donors (Lipinski definition) is 1. The van der Waals surface area contributed by atoms with E-state index in [0.29, 0.717) is 0 Å². The van der Waals surface area contributed by atoms with Crippen molar-refractivity contribution in [1.29, 1.82) is 0 Å². The molecular weight excluding hydrogens is 259 g/mol. The molecule has 1 aromatic carbocycles. The Bertz CT molecular complexity index is 545. The molecule has 0 fully saturated rings. The molecular formula is C15H17FN2S. The molecule has 0 aliphatic rings. The molecule has 1 heterocycles. The lowest BCUT2D eigenvalue weighted by atomic mass is 10.1. The second-order valence-corrected chi connectivity index (χ2v) is 5.50. The van der Waals surface area contributed by atoms with Crippen molar-refractivity contribution >= 4 is 11.8 Å². The van der Waals surface area contributed by atoms with Crippen LogP contribution in [0.15, 0.2) is 47.6 Å². The monoisotopic (exact) mass is 276 g/mol. The number of rotatable bonds is 5. The molecule has 19 heavy (non-hydrogen) atoms. The molecule has 1 aromatic heterocycles. The van der Waals surface area contributed by atoms with Gasteiger partial charge in [-0.3, -0.25) is 4.98 Å². The molecule has 0 saturated heterocycles. The summed E-state index contributed by atoms with van der Waals surface area (Å²) in [6.07, 6.45) is 3.72. The van der Waals surface area contributed by atoms with Gasteiger partial charge in [-0.15, -0.1) is 11.8 Å². The SMILES string of the molecule is CNC(CSc1cccc(F)c1)c1cncc(C)c1. The number of nitrogens with zero attached hydrogens (tertiary/aromatic N) is 1. The first-order chi connectivity index (χ1) is 9.19. The summed E-state index contributed by atoms with van der Waals surface area (Å²) in [5.41, 5.74) is 2.31. The Labute approximate surface area is 117 Å². The quantitative estimate of drug-likeness (QED) is 0.845. The predicted octanol–water partition coefficient (Wildman–Crippen LogP) is 3.58. The van der Waals surface area contributed by atoms with E-state index in [2.05, 4.69) is 16.4 Å². The Morgan fingerprint density at radius 2 is 2.16 bits per heavy atom. The van der Waals surface area contributed by atoms with Crippen molar-refractivity contribution in [3.63, 3.8) is 0 Å². The minimum Gasteiger partial charge on any atom is -0.312 e. The molecule has 2 aromatic rings. The Hall–Kier alpha value is -1.39. The molecule has 0 aliphatic heterocycles. The molecule has 2 rings (SSSR count). The van der Waals surface area contributed by atoms with Crippen LogP contribution in [0.5, 0.6) is 0 Å². The Kier molecular flexibility index (Phi) is 4.93. The van der Waals surface area contributed by atoms with Gasteiger partial charge in [0, 0.05) is 29.1 Å². The van der Waals surface area contributed by atoms with Crippen molar-refractivity contribution in [1.82, 2.24) is 10.3 Å². The van der Waals surface area contributed by atoms with E-state index >= 15 is 0 Å². The normalized spacial score (nSPS) is 12.4. The van der Waals surface area contributed by atoms with E-state index in [1.54, 1.807) is 23.9 Å². The number of hydrogen-bond acceptors (Lipinski definition) is 3. The molecule has 1 atom stereocenters. The highest BCUT2D eigenvalue weighted by molar-refractivity contribution is 7.99. The van der Waals surface area contributed by atoms with Gasteiger partial charge in [-0.1, -0.05) is 12.1 Å². The number of benzene rings is 1. The maximum atomic E-state index is 13.1. The molecule has 0 radical (unpaired) electrons. The summed E-state index contributed by atoms with van der Waals surface area (Å²) in [5, 5.41) is 3.28. The van der Waals surface area contributed by atoms with Crippen LogP contribution in [0.2, 0.25) is 0 Å². The topological polar surface area (TPSA) is 24.9 Å². The van der Waals surface area contributed by atoms with Gasteiger partial charge in [0.2, 0.25) is 0 Å². The number of thioether (sulfide) groups is 1. The average Bonchev–Trinajstić information content (AvgIpc) is 2.40. The highest BCUT2D eigenvalue weighted by atomic mass is 32.2. The standard InChI is InChI=1S/C15H17FN2S/c1-11-6-12(9-18-8-11)15(17-2)10-19-14-5-3-4-13(16)7-14/h3-9,15,17H,10H2,1-2H3. The van der Waals surface area contributed by atoms with Crippen LogP contribution in [0, 0.1) is 12.7 Å². The molecule has 0 aliphatic carbocycles. The van der Waals surface area contributed by atoms with Gasteiger partial charge in [-0.2, -0.15) is 0 Å². The molecule has 2 nitrogen and oxygen atoms in total. The number of aryl methyl sites for hydroxylation is 1. The highest BCUT2D eigenvalue weighted by Gasteiger charge is 2.10. The second-order valence-electron chi connectivity index (χ2n) is 4.41. The van der Waals surface area contributed by atoms with Crippen molar-refractivity contribution < 1.29 is 4.39 Å². The lowest BCUT2D eigenvalue weighted by Gasteiger charge is -2.16. The lowest BCUT2D eigenvalue weighted by molar-refractivity contribution is 0.624. The van der Waals surface area contributed by atoms with Crippen LogP contribution in [0.1, 0.15) is 17.2 Å². The third-order valence-electron chi connectivity index (χ3n) is 2.86. The molecule has 0 spiro atoms. The summed E-state index contributed by atoms with van der Waals surface area (Å²) >= 11 is 1.64. The first-order valence-corrected chi connectivity index (χ1v) is 7.15.